The number of carbonyl (C=O) groups excluding carboxylic acids is 2. The van der Waals surface area contributed by atoms with E-state index < -0.39 is 0 Å². The fourth-order valence-corrected chi connectivity index (χ4v) is 6.25. The number of hydrogen-bond donors (Lipinski definition) is 1. The lowest BCUT2D eigenvalue weighted by atomic mass is 9.98. The first-order valence-electron chi connectivity index (χ1n) is 14.1. The summed E-state index contributed by atoms with van der Waals surface area (Å²) < 4.78 is 18.6. The second-order valence-corrected chi connectivity index (χ2v) is 11.6. The number of amides is 2. The Balaban J connectivity index is 1.79. The van der Waals surface area contributed by atoms with Crippen LogP contribution in [0.25, 0.3) is 16.9 Å². The zero-order valence-corrected chi connectivity index (χ0v) is 25.8. The normalized spacial score (nSPS) is 14.7. The van der Waals surface area contributed by atoms with Crippen molar-refractivity contribution in [2.75, 3.05) is 45.1 Å². The molecule has 1 aliphatic rings. The van der Waals surface area contributed by atoms with Crippen LogP contribution in [0.3, 0.4) is 0 Å². The van der Waals surface area contributed by atoms with E-state index in [-0.39, 0.29) is 35.3 Å². The van der Waals surface area contributed by atoms with Gasteiger partial charge in [-0.05, 0) is 48.4 Å². The summed E-state index contributed by atoms with van der Waals surface area (Å²) in [5.41, 5.74) is 3.97. The lowest BCUT2D eigenvalue weighted by Crippen LogP contribution is -2.43. The third-order valence-electron chi connectivity index (χ3n) is 7.18. The molecular weight excluding hydrogens is 564 g/mol. The number of nitrogens with zero attached hydrogens (tertiary/aromatic N) is 3. The molecule has 5 rings (SSSR count). The predicted molar refractivity (Wildman–Crippen MR) is 170 cm³/mol. The molecule has 10 heteroatoms. The molecule has 1 aromatic heterocycles. The van der Waals surface area contributed by atoms with Gasteiger partial charge in [0.1, 0.15) is 29.6 Å². The number of nitrogens with one attached hydrogen (secondary N) is 1. The van der Waals surface area contributed by atoms with Crippen LogP contribution in [-0.4, -0.2) is 61.8 Å². The first kappa shape index (κ1) is 30.0. The Bertz CT molecular complexity index is 1590. The largest absolute Gasteiger partial charge is 0.497 e. The number of carbonyl (C=O) groups is 2. The molecule has 2 amide bonds. The number of ether oxygens (including phenoxy) is 3. The molecular formula is C33H36N4O5S. The highest BCUT2D eigenvalue weighted by molar-refractivity contribution is 8.00. The van der Waals surface area contributed by atoms with Crippen LogP contribution in [0.4, 0.5) is 5.82 Å². The Morgan fingerprint density at radius 1 is 0.977 bits per heavy atom. The minimum Gasteiger partial charge on any atom is -0.497 e. The highest BCUT2D eigenvalue weighted by atomic mass is 32.2. The molecule has 9 nitrogen and oxygen atoms in total. The summed E-state index contributed by atoms with van der Waals surface area (Å²) in [6.07, 6.45) is 0. The molecule has 0 fully saturated rings. The maximum atomic E-state index is 13.9. The first-order chi connectivity index (χ1) is 20.8. The van der Waals surface area contributed by atoms with Gasteiger partial charge >= 0.3 is 0 Å². The molecule has 43 heavy (non-hydrogen) atoms. The second kappa shape index (κ2) is 13.2. The SMILES string of the molecule is COc1ccc(-n2nc(-c3ccccc3)c3c2N(CC(=O)NCC(C)C)C(=O)CS[C@@H]3c2cc(OC)ccc2OC)cc1. The van der Waals surface area contributed by atoms with Gasteiger partial charge in [-0.3, -0.25) is 14.5 Å². The number of rotatable bonds is 10. The van der Waals surface area contributed by atoms with Crippen molar-refractivity contribution < 1.29 is 23.8 Å². The van der Waals surface area contributed by atoms with Gasteiger partial charge < -0.3 is 19.5 Å². The molecule has 0 saturated heterocycles. The quantitative estimate of drug-likeness (QED) is 0.257. The Labute approximate surface area is 256 Å². The van der Waals surface area contributed by atoms with Crippen molar-refractivity contribution in [1.82, 2.24) is 15.1 Å². The molecule has 1 aliphatic heterocycles. The summed E-state index contributed by atoms with van der Waals surface area (Å²) in [4.78, 5) is 28.7. The van der Waals surface area contributed by atoms with Crippen molar-refractivity contribution in [3.8, 4) is 34.2 Å². The van der Waals surface area contributed by atoms with Crippen LogP contribution in [0.5, 0.6) is 17.2 Å². The van der Waals surface area contributed by atoms with Crippen LogP contribution in [0.15, 0.2) is 72.8 Å². The minimum absolute atomic E-state index is 0.142. The zero-order chi connectivity index (χ0) is 30.5. The highest BCUT2D eigenvalue weighted by Gasteiger charge is 2.38. The number of hydrogen-bond acceptors (Lipinski definition) is 7. The summed E-state index contributed by atoms with van der Waals surface area (Å²) in [6.45, 7) is 4.43. The van der Waals surface area contributed by atoms with E-state index >= 15 is 0 Å². The van der Waals surface area contributed by atoms with Crippen LogP contribution in [-0.2, 0) is 9.59 Å². The number of benzene rings is 3. The van der Waals surface area contributed by atoms with E-state index in [0.717, 1.165) is 22.4 Å². The van der Waals surface area contributed by atoms with E-state index in [1.807, 2.05) is 86.6 Å². The molecule has 0 bridgehead atoms. The monoisotopic (exact) mass is 600 g/mol. The maximum absolute atomic E-state index is 13.9. The van der Waals surface area contributed by atoms with Gasteiger partial charge in [0.15, 0.2) is 0 Å². The average Bonchev–Trinajstić information content (AvgIpc) is 3.36. The molecule has 0 spiro atoms. The first-order valence-corrected chi connectivity index (χ1v) is 15.1. The van der Waals surface area contributed by atoms with E-state index in [4.69, 9.17) is 19.3 Å². The second-order valence-electron chi connectivity index (χ2n) is 10.5. The van der Waals surface area contributed by atoms with Crippen LogP contribution in [0, 0.1) is 5.92 Å². The van der Waals surface area contributed by atoms with Gasteiger partial charge in [0.25, 0.3) is 0 Å². The molecule has 3 aromatic carbocycles. The lowest BCUT2D eigenvalue weighted by Gasteiger charge is -2.24. The predicted octanol–water partition coefficient (Wildman–Crippen LogP) is 5.51. The van der Waals surface area contributed by atoms with Gasteiger partial charge in [-0.2, -0.15) is 5.10 Å². The van der Waals surface area contributed by atoms with Gasteiger partial charge in [0.2, 0.25) is 11.8 Å². The Morgan fingerprint density at radius 3 is 2.33 bits per heavy atom. The maximum Gasteiger partial charge on any atom is 0.240 e. The molecule has 224 valence electrons. The molecule has 4 aromatic rings. The fourth-order valence-electron chi connectivity index (χ4n) is 5.04. The molecule has 0 saturated carbocycles. The summed E-state index contributed by atoms with van der Waals surface area (Å²) >= 11 is 1.48. The van der Waals surface area contributed by atoms with Crippen LogP contribution >= 0.6 is 11.8 Å². The van der Waals surface area contributed by atoms with Gasteiger partial charge in [-0.15, -0.1) is 11.8 Å². The van der Waals surface area contributed by atoms with Crippen molar-refractivity contribution in [2.45, 2.75) is 19.1 Å². The highest BCUT2D eigenvalue weighted by Crippen LogP contribution is 2.51. The van der Waals surface area contributed by atoms with Gasteiger partial charge in [0, 0.05) is 23.2 Å². The van der Waals surface area contributed by atoms with E-state index in [0.29, 0.717) is 35.3 Å². The Hall–Kier alpha value is -4.44. The molecule has 2 heterocycles. The van der Waals surface area contributed by atoms with E-state index in [1.54, 1.807) is 30.9 Å². The van der Waals surface area contributed by atoms with E-state index in [2.05, 4.69) is 5.32 Å². The number of aromatic nitrogens is 2. The Kier molecular flexibility index (Phi) is 9.25. The number of methoxy groups -OCH3 is 3. The van der Waals surface area contributed by atoms with Crippen molar-refractivity contribution >= 4 is 29.4 Å². The van der Waals surface area contributed by atoms with E-state index in [1.165, 1.54) is 11.8 Å². The minimum atomic E-state index is -0.366. The van der Waals surface area contributed by atoms with Gasteiger partial charge in [-0.25, -0.2) is 4.68 Å². The number of anilines is 1. The summed E-state index contributed by atoms with van der Waals surface area (Å²) in [6, 6.07) is 23.0. The van der Waals surface area contributed by atoms with E-state index in [9.17, 15) is 9.59 Å². The van der Waals surface area contributed by atoms with Crippen molar-refractivity contribution in [3.63, 3.8) is 0 Å². The molecule has 1 N–H and O–H groups in total. The van der Waals surface area contributed by atoms with Crippen LogP contribution < -0.4 is 24.4 Å². The third kappa shape index (κ3) is 6.34. The molecule has 0 radical (unpaired) electrons. The summed E-state index contributed by atoms with van der Waals surface area (Å²) in [7, 11) is 4.86. The fraction of sp³-hybridized carbons (Fsp3) is 0.303. The number of fused-ring (bicyclic) bond motifs is 1. The van der Waals surface area contributed by atoms with Crippen molar-refractivity contribution in [2.24, 2.45) is 5.92 Å². The Morgan fingerprint density at radius 2 is 1.67 bits per heavy atom. The zero-order valence-electron chi connectivity index (χ0n) is 25.0. The van der Waals surface area contributed by atoms with Crippen LogP contribution in [0.1, 0.15) is 30.2 Å². The summed E-state index contributed by atoms with van der Waals surface area (Å²) in [5, 5.41) is 7.74. The average molecular weight is 601 g/mol. The molecule has 0 unspecified atom stereocenters. The number of thioether (sulfide) groups is 1. The topological polar surface area (TPSA) is 94.9 Å². The molecule has 0 aliphatic carbocycles. The third-order valence-corrected chi connectivity index (χ3v) is 8.42. The smallest absolute Gasteiger partial charge is 0.240 e. The van der Waals surface area contributed by atoms with Crippen LogP contribution in [0.2, 0.25) is 0 Å². The standard InChI is InChI=1S/C33H36N4O5S/c1-21(2)18-34-28(38)19-36-29(39)20-43-32(26-17-25(41-4)15-16-27(26)42-5)30-31(22-9-7-6-8-10-22)35-37(33(30)36)23-11-13-24(40-3)14-12-23/h6-17,21,32H,18-20H2,1-5H3,(H,34,38)/t32-/m1/s1. The van der Waals surface area contributed by atoms with Crippen molar-refractivity contribution in [3.05, 3.63) is 83.9 Å². The molecule has 1 atom stereocenters. The summed E-state index contributed by atoms with van der Waals surface area (Å²) in [5.74, 6) is 2.55. The lowest BCUT2D eigenvalue weighted by molar-refractivity contribution is -0.123. The van der Waals surface area contributed by atoms with Gasteiger partial charge in [-0.1, -0.05) is 44.2 Å². The van der Waals surface area contributed by atoms with Gasteiger partial charge in [0.05, 0.1) is 43.7 Å². The van der Waals surface area contributed by atoms with Crippen molar-refractivity contribution in [1.29, 1.82) is 0 Å².